The van der Waals surface area contributed by atoms with Crippen molar-refractivity contribution < 1.29 is 13.9 Å². The van der Waals surface area contributed by atoms with Crippen LogP contribution in [0.25, 0.3) is 11.0 Å². The van der Waals surface area contributed by atoms with E-state index in [2.05, 4.69) is 9.80 Å². The normalized spacial score (nSPS) is 19.0. The molecule has 2 aromatic rings. The molecule has 2 saturated heterocycles. The Morgan fingerprint density at radius 2 is 1.79 bits per heavy atom. The second-order valence-corrected chi connectivity index (χ2v) is 7.72. The first-order chi connectivity index (χ1) is 13.7. The molecule has 0 saturated carbocycles. The van der Waals surface area contributed by atoms with Gasteiger partial charge in [0, 0.05) is 19.6 Å². The third-order valence-electron chi connectivity index (χ3n) is 5.71. The molecule has 28 heavy (non-hydrogen) atoms. The average molecular weight is 386 g/mol. The highest BCUT2D eigenvalue weighted by atomic mass is 16.5. The zero-order chi connectivity index (χ0) is 19.3. The quantitative estimate of drug-likeness (QED) is 0.787. The molecule has 0 aliphatic carbocycles. The zero-order valence-electron chi connectivity index (χ0n) is 16.7. The van der Waals surface area contributed by atoms with Gasteiger partial charge < -0.3 is 18.8 Å². The number of likely N-dealkylation sites (tertiary alicyclic amines) is 1. The number of nitrogens with zero attached hydrogens (tertiary/aromatic N) is 2. The summed E-state index contributed by atoms with van der Waals surface area (Å²) in [6.45, 7) is 8.19. The van der Waals surface area contributed by atoms with E-state index in [-0.39, 0.29) is 5.43 Å². The fourth-order valence-corrected chi connectivity index (χ4v) is 4.07. The van der Waals surface area contributed by atoms with Gasteiger partial charge in [0.1, 0.15) is 12.2 Å². The molecule has 0 N–H and O–H groups in total. The van der Waals surface area contributed by atoms with E-state index in [4.69, 9.17) is 13.9 Å². The van der Waals surface area contributed by atoms with Crippen LogP contribution in [-0.2, 0) is 4.74 Å². The van der Waals surface area contributed by atoms with E-state index < -0.39 is 0 Å². The molecule has 3 heterocycles. The Morgan fingerprint density at radius 3 is 2.54 bits per heavy atom. The van der Waals surface area contributed by atoms with Gasteiger partial charge in [0.2, 0.25) is 17.1 Å². The maximum Gasteiger partial charge on any atom is 0.243 e. The predicted octanol–water partition coefficient (Wildman–Crippen LogP) is 3.19. The number of anilines is 1. The van der Waals surface area contributed by atoms with Gasteiger partial charge in [0.05, 0.1) is 18.6 Å². The molecular weight excluding hydrogens is 356 g/mol. The Hall–Kier alpha value is -2.05. The van der Waals surface area contributed by atoms with Gasteiger partial charge in [-0.25, -0.2) is 0 Å². The van der Waals surface area contributed by atoms with Crippen molar-refractivity contribution >= 4 is 16.9 Å². The Kier molecular flexibility index (Phi) is 6.17. The summed E-state index contributed by atoms with van der Waals surface area (Å²) in [7, 11) is 0. The van der Waals surface area contributed by atoms with Crippen molar-refractivity contribution in [3.05, 3.63) is 34.0 Å². The van der Waals surface area contributed by atoms with Gasteiger partial charge >= 0.3 is 0 Å². The molecular formula is C22H30N2O4. The van der Waals surface area contributed by atoms with Crippen molar-refractivity contribution in [3.8, 4) is 5.75 Å². The molecule has 1 aromatic carbocycles. The minimum atomic E-state index is -0.0812. The number of rotatable bonds is 5. The number of hydrogen-bond donors (Lipinski definition) is 0. The van der Waals surface area contributed by atoms with Crippen LogP contribution in [0, 0.1) is 6.92 Å². The molecule has 152 valence electrons. The van der Waals surface area contributed by atoms with Gasteiger partial charge in [-0.3, -0.25) is 9.69 Å². The van der Waals surface area contributed by atoms with E-state index in [1.54, 1.807) is 0 Å². The summed E-state index contributed by atoms with van der Waals surface area (Å²) in [4.78, 5) is 17.7. The molecule has 6 heteroatoms. The minimum Gasteiger partial charge on any atom is -0.484 e. The Labute approximate surface area is 166 Å². The number of para-hydroxylation sites is 1. The van der Waals surface area contributed by atoms with Crippen LogP contribution in [0.3, 0.4) is 0 Å². The summed E-state index contributed by atoms with van der Waals surface area (Å²) in [6.07, 6.45) is 5.12. The van der Waals surface area contributed by atoms with E-state index in [0.717, 1.165) is 25.2 Å². The number of morpholine rings is 1. The zero-order valence-corrected chi connectivity index (χ0v) is 16.7. The summed E-state index contributed by atoms with van der Waals surface area (Å²) in [5.74, 6) is 0.890. The van der Waals surface area contributed by atoms with Crippen LogP contribution in [0.1, 0.15) is 31.2 Å². The second kappa shape index (κ2) is 8.97. The Bertz CT molecular complexity index is 849. The molecule has 0 unspecified atom stereocenters. The molecule has 0 spiro atoms. The van der Waals surface area contributed by atoms with Crippen molar-refractivity contribution in [2.45, 2.75) is 32.6 Å². The first-order valence-corrected chi connectivity index (χ1v) is 10.5. The number of hydrogen-bond acceptors (Lipinski definition) is 6. The molecule has 1 aromatic heterocycles. The second-order valence-electron chi connectivity index (χ2n) is 7.72. The van der Waals surface area contributed by atoms with Crippen molar-refractivity contribution in [1.29, 1.82) is 0 Å². The summed E-state index contributed by atoms with van der Waals surface area (Å²) in [6, 6.07) is 5.68. The minimum absolute atomic E-state index is 0.0812. The maximum atomic E-state index is 13.2. The molecule has 0 amide bonds. The molecule has 2 fully saturated rings. The van der Waals surface area contributed by atoms with Crippen LogP contribution in [0.2, 0.25) is 0 Å². The molecule has 0 atom stereocenters. The van der Waals surface area contributed by atoms with Crippen LogP contribution < -0.4 is 15.1 Å². The number of ether oxygens (including phenoxy) is 2. The monoisotopic (exact) mass is 386 g/mol. The van der Waals surface area contributed by atoms with Crippen LogP contribution in [0.5, 0.6) is 5.75 Å². The molecule has 2 aliphatic heterocycles. The van der Waals surface area contributed by atoms with Crippen LogP contribution in [0.4, 0.5) is 5.88 Å². The van der Waals surface area contributed by atoms with E-state index in [9.17, 15) is 4.79 Å². The highest BCUT2D eigenvalue weighted by Crippen LogP contribution is 2.31. The first kappa shape index (κ1) is 19.3. The standard InChI is InChI=1S/C22H30N2O4/c1-17-7-6-8-18-19(25)21(27-16-11-23-9-4-2-3-5-10-23)22(28-20(17)18)24-12-14-26-15-13-24/h6-8H,2-5,9-16H2,1H3. The van der Waals surface area contributed by atoms with Gasteiger partial charge in [-0.2, -0.15) is 0 Å². The fraction of sp³-hybridized carbons (Fsp3) is 0.591. The van der Waals surface area contributed by atoms with Crippen molar-refractivity contribution in [3.63, 3.8) is 0 Å². The van der Waals surface area contributed by atoms with E-state index in [0.29, 0.717) is 55.5 Å². The van der Waals surface area contributed by atoms with E-state index in [1.165, 1.54) is 25.7 Å². The molecule has 6 nitrogen and oxygen atoms in total. The number of fused-ring (bicyclic) bond motifs is 1. The summed E-state index contributed by atoms with van der Waals surface area (Å²) < 4.78 is 17.8. The van der Waals surface area contributed by atoms with Gasteiger partial charge in [0.15, 0.2) is 0 Å². The van der Waals surface area contributed by atoms with Crippen LogP contribution in [-0.4, -0.2) is 57.4 Å². The largest absolute Gasteiger partial charge is 0.484 e. The molecule has 0 bridgehead atoms. The topological polar surface area (TPSA) is 55.2 Å². The van der Waals surface area contributed by atoms with Gasteiger partial charge in [-0.05, 0) is 44.5 Å². The first-order valence-electron chi connectivity index (χ1n) is 10.5. The number of benzene rings is 1. The lowest BCUT2D eigenvalue weighted by atomic mass is 10.1. The van der Waals surface area contributed by atoms with E-state index in [1.807, 2.05) is 25.1 Å². The van der Waals surface area contributed by atoms with Crippen molar-refractivity contribution in [1.82, 2.24) is 4.90 Å². The van der Waals surface area contributed by atoms with E-state index >= 15 is 0 Å². The Balaban J connectivity index is 1.61. The van der Waals surface area contributed by atoms with Gasteiger partial charge in [0.25, 0.3) is 0 Å². The van der Waals surface area contributed by atoms with Crippen LogP contribution in [0.15, 0.2) is 27.4 Å². The molecule has 0 radical (unpaired) electrons. The summed E-state index contributed by atoms with van der Waals surface area (Å²) in [5, 5.41) is 0.585. The van der Waals surface area contributed by atoms with Crippen molar-refractivity contribution in [2.75, 3.05) is 57.4 Å². The Morgan fingerprint density at radius 1 is 1.04 bits per heavy atom. The molecule has 4 rings (SSSR count). The van der Waals surface area contributed by atoms with Gasteiger partial charge in [-0.15, -0.1) is 0 Å². The third kappa shape index (κ3) is 4.18. The average Bonchev–Trinajstić information content (AvgIpc) is 2.99. The summed E-state index contributed by atoms with van der Waals surface area (Å²) >= 11 is 0. The maximum absolute atomic E-state index is 13.2. The van der Waals surface area contributed by atoms with Gasteiger partial charge in [-0.1, -0.05) is 25.0 Å². The van der Waals surface area contributed by atoms with Crippen LogP contribution >= 0.6 is 0 Å². The SMILES string of the molecule is Cc1cccc2c(=O)c(OCCN3CCCCCC3)c(N3CCOCC3)oc12. The highest BCUT2D eigenvalue weighted by Gasteiger charge is 2.24. The lowest BCUT2D eigenvalue weighted by Gasteiger charge is -2.29. The third-order valence-corrected chi connectivity index (χ3v) is 5.71. The highest BCUT2D eigenvalue weighted by molar-refractivity contribution is 5.83. The lowest BCUT2D eigenvalue weighted by molar-refractivity contribution is 0.120. The molecule has 2 aliphatic rings. The van der Waals surface area contributed by atoms with Crippen molar-refractivity contribution in [2.24, 2.45) is 0 Å². The lowest BCUT2D eigenvalue weighted by Crippen LogP contribution is -2.37. The number of aryl methyl sites for hydroxylation is 1. The fourth-order valence-electron chi connectivity index (χ4n) is 4.07. The smallest absolute Gasteiger partial charge is 0.243 e. The predicted molar refractivity (Wildman–Crippen MR) is 111 cm³/mol. The summed E-state index contributed by atoms with van der Waals surface area (Å²) in [5.41, 5.74) is 1.52.